The molecule has 1 aromatic rings. The van der Waals surface area contributed by atoms with Gasteiger partial charge in [0.25, 0.3) is 0 Å². The van der Waals surface area contributed by atoms with Crippen LogP contribution in [-0.4, -0.2) is 43.5 Å². The van der Waals surface area contributed by atoms with Crippen molar-refractivity contribution in [2.75, 3.05) is 5.75 Å². The van der Waals surface area contributed by atoms with E-state index in [9.17, 15) is 9.59 Å². The van der Waals surface area contributed by atoms with Crippen molar-refractivity contribution >= 4 is 23.6 Å². The van der Waals surface area contributed by atoms with Gasteiger partial charge in [-0.3, -0.25) is 9.59 Å². The van der Waals surface area contributed by atoms with E-state index in [1.807, 2.05) is 13.8 Å². The number of aryl methyl sites for hydroxylation is 1. The Morgan fingerprint density at radius 3 is 2.68 bits per heavy atom. The van der Waals surface area contributed by atoms with E-state index in [1.54, 1.807) is 11.5 Å². The van der Waals surface area contributed by atoms with E-state index >= 15 is 0 Å². The van der Waals surface area contributed by atoms with Crippen LogP contribution in [0.3, 0.4) is 0 Å². The fraction of sp³-hybridized carbons (Fsp3) is 0.636. The quantitative estimate of drug-likeness (QED) is 0.715. The van der Waals surface area contributed by atoms with Crippen molar-refractivity contribution in [3.8, 4) is 0 Å². The molecule has 8 heteroatoms. The van der Waals surface area contributed by atoms with Crippen molar-refractivity contribution in [1.82, 2.24) is 20.1 Å². The molecule has 0 aliphatic rings. The van der Waals surface area contributed by atoms with Crippen molar-refractivity contribution in [2.24, 2.45) is 0 Å². The number of aromatic nitrogens is 3. The van der Waals surface area contributed by atoms with E-state index in [1.165, 1.54) is 0 Å². The molecule has 0 unspecified atom stereocenters. The van der Waals surface area contributed by atoms with Crippen molar-refractivity contribution in [1.29, 1.82) is 0 Å². The summed E-state index contributed by atoms with van der Waals surface area (Å²) >= 11 is 1.10. The van der Waals surface area contributed by atoms with Gasteiger partial charge in [-0.15, -0.1) is 10.2 Å². The zero-order chi connectivity index (χ0) is 14.4. The zero-order valence-corrected chi connectivity index (χ0v) is 12.0. The van der Waals surface area contributed by atoms with Crippen LogP contribution in [0.1, 0.15) is 26.1 Å². The van der Waals surface area contributed by atoms with E-state index in [-0.39, 0.29) is 17.7 Å². The first-order valence-electron chi connectivity index (χ1n) is 5.94. The molecule has 0 fully saturated rings. The third-order valence-electron chi connectivity index (χ3n) is 2.24. The molecule has 1 rings (SSSR count). The SMILES string of the molecule is Cc1nnc(SCC(=O)O)n1CCC(=O)NC(C)C. The molecule has 0 radical (unpaired) electrons. The van der Waals surface area contributed by atoms with Crippen LogP contribution < -0.4 is 5.32 Å². The van der Waals surface area contributed by atoms with Gasteiger partial charge in [-0.05, 0) is 20.8 Å². The zero-order valence-electron chi connectivity index (χ0n) is 11.2. The highest BCUT2D eigenvalue weighted by molar-refractivity contribution is 7.99. The van der Waals surface area contributed by atoms with Crippen molar-refractivity contribution in [2.45, 2.75) is 44.9 Å². The Hall–Kier alpha value is -1.57. The normalized spacial score (nSPS) is 10.7. The first-order valence-corrected chi connectivity index (χ1v) is 6.92. The Morgan fingerprint density at radius 1 is 1.42 bits per heavy atom. The highest BCUT2D eigenvalue weighted by atomic mass is 32.2. The fourth-order valence-electron chi connectivity index (χ4n) is 1.46. The van der Waals surface area contributed by atoms with Gasteiger partial charge >= 0.3 is 5.97 Å². The summed E-state index contributed by atoms with van der Waals surface area (Å²) < 4.78 is 1.76. The average Bonchev–Trinajstić information content (AvgIpc) is 2.64. The average molecular weight is 286 g/mol. The highest BCUT2D eigenvalue weighted by Crippen LogP contribution is 2.16. The maximum absolute atomic E-state index is 11.6. The van der Waals surface area contributed by atoms with Crippen LogP contribution in [0.25, 0.3) is 0 Å². The van der Waals surface area contributed by atoms with Gasteiger partial charge in [-0.2, -0.15) is 0 Å². The van der Waals surface area contributed by atoms with Crippen LogP contribution in [0.15, 0.2) is 5.16 Å². The Bertz CT molecular complexity index is 459. The summed E-state index contributed by atoms with van der Waals surface area (Å²) in [6.45, 7) is 6.02. The largest absolute Gasteiger partial charge is 0.481 e. The number of hydrogen-bond acceptors (Lipinski definition) is 5. The lowest BCUT2D eigenvalue weighted by molar-refractivity contribution is -0.134. The van der Waals surface area contributed by atoms with E-state index in [0.717, 1.165) is 11.8 Å². The van der Waals surface area contributed by atoms with Crippen LogP contribution in [0.2, 0.25) is 0 Å². The Labute approximate surface area is 115 Å². The van der Waals surface area contributed by atoms with Crippen LogP contribution >= 0.6 is 11.8 Å². The van der Waals surface area contributed by atoms with E-state index in [0.29, 0.717) is 23.9 Å². The number of rotatable bonds is 7. The minimum absolute atomic E-state index is 0.0442. The van der Waals surface area contributed by atoms with Gasteiger partial charge in [0.05, 0.1) is 5.75 Å². The van der Waals surface area contributed by atoms with Gasteiger partial charge in [-0.25, -0.2) is 0 Å². The summed E-state index contributed by atoms with van der Waals surface area (Å²) in [5.74, 6) is -0.353. The molecule has 0 aliphatic carbocycles. The molecule has 0 spiro atoms. The monoisotopic (exact) mass is 286 g/mol. The highest BCUT2D eigenvalue weighted by Gasteiger charge is 2.12. The summed E-state index contributed by atoms with van der Waals surface area (Å²) in [6.07, 6.45) is 0.317. The smallest absolute Gasteiger partial charge is 0.313 e. The molecule has 0 saturated carbocycles. The number of amides is 1. The number of thioether (sulfide) groups is 1. The van der Waals surface area contributed by atoms with Crippen LogP contribution in [0, 0.1) is 6.92 Å². The van der Waals surface area contributed by atoms with Crippen LogP contribution in [0.5, 0.6) is 0 Å². The summed E-state index contributed by atoms with van der Waals surface area (Å²) in [7, 11) is 0. The Morgan fingerprint density at radius 2 is 2.11 bits per heavy atom. The number of aliphatic carboxylic acids is 1. The predicted molar refractivity (Wildman–Crippen MR) is 71.0 cm³/mol. The molecule has 1 amide bonds. The van der Waals surface area contributed by atoms with Gasteiger partial charge < -0.3 is 15.0 Å². The number of hydrogen-bond donors (Lipinski definition) is 2. The molecule has 0 bridgehead atoms. The fourth-order valence-corrected chi connectivity index (χ4v) is 2.19. The molecule has 2 N–H and O–H groups in total. The summed E-state index contributed by atoms with van der Waals surface area (Å²) in [6, 6.07) is 0.107. The van der Waals surface area contributed by atoms with Crippen LogP contribution in [0.4, 0.5) is 0 Å². The second kappa shape index (κ2) is 7.13. The number of nitrogens with one attached hydrogen (secondary N) is 1. The molecular weight excluding hydrogens is 268 g/mol. The van der Waals surface area contributed by atoms with Crippen molar-refractivity contribution in [3.05, 3.63) is 5.82 Å². The molecule has 1 heterocycles. The molecule has 19 heavy (non-hydrogen) atoms. The van der Waals surface area contributed by atoms with Crippen molar-refractivity contribution < 1.29 is 14.7 Å². The Balaban J connectivity index is 2.59. The molecule has 7 nitrogen and oxygen atoms in total. The lowest BCUT2D eigenvalue weighted by Crippen LogP contribution is -2.30. The number of carboxylic acid groups (broad SMARTS) is 1. The molecule has 0 aliphatic heterocycles. The van der Waals surface area contributed by atoms with E-state index < -0.39 is 5.97 Å². The third kappa shape index (κ3) is 5.29. The Kier molecular flexibility index (Phi) is 5.81. The van der Waals surface area contributed by atoms with Gasteiger partial charge in [0.2, 0.25) is 5.91 Å². The summed E-state index contributed by atoms with van der Waals surface area (Å²) in [5, 5.41) is 19.8. The maximum atomic E-state index is 11.6. The standard InChI is InChI=1S/C11H18N4O3S/c1-7(2)12-9(16)4-5-15-8(3)13-14-11(15)19-6-10(17)18/h7H,4-6H2,1-3H3,(H,12,16)(H,17,18). The first-order chi connectivity index (χ1) is 8.90. The first kappa shape index (κ1) is 15.5. The van der Waals surface area contributed by atoms with Gasteiger partial charge in [0.1, 0.15) is 5.82 Å². The molecule has 0 aromatic carbocycles. The number of carboxylic acids is 1. The number of carbonyl (C=O) groups excluding carboxylic acids is 1. The number of nitrogens with zero attached hydrogens (tertiary/aromatic N) is 3. The minimum Gasteiger partial charge on any atom is -0.481 e. The molecular formula is C11H18N4O3S. The molecule has 0 saturated heterocycles. The minimum atomic E-state index is -0.908. The predicted octanol–water partition coefficient (Wildman–Crippen LogP) is 0.678. The topological polar surface area (TPSA) is 97.1 Å². The van der Waals surface area contributed by atoms with E-state index in [4.69, 9.17) is 5.11 Å². The second-order valence-corrected chi connectivity index (χ2v) is 5.28. The second-order valence-electron chi connectivity index (χ2n) is 4.34. The van der Waals surface area contributed by atoms with Gasteiger partial charge in [0, 0.05) is 19.0 Å². The maximum Gasteiger partial charge on any atom is 0.313 e. The van der Waals surface area contributed by atoms with Gasteiger partial charge in [0.15, 0.2) is 5.16 Å². The molecule has 1 aromatic heterocycles. The summed E-state index contributed by atoms with van der Waals surface area (Å²) in [4.78, 5) is 22.1. The van der Waals surface area contributed by atoms with Gasteiger partial charge in [-0.1, -0.05) is 11.8 Å². The lowest BCUT2D eigenvalue weighted by Gasteiger charge is -2.10. The summed E-state index contributed by atoms with van der Waals surface area (Å²) in [5.41, 5.74) is 0. The van der Waals surface area contributed by atoms with Crippen LogP contribution in [-0.2, 0) is 16.1 Å². The third-order valence-corrected chi connectivity index (χ3v) is 3.19. The lowest BCUT2D eigenvalue weighted by atomic mass is 10.3. The van der Waals surface area contributed by atoms with E-state index in [2.05, 4.69) is 15.5 Å². The molecule has 106 valence electrons. The number of carbonyl (C=O) groups is 2. The molecule has 0 atom stereocenters. The van der Waals surface area contributed by atoms with Crippen molar-refractivity contribution in [3.63, 3.8) is 0 Å².